The average molecular weight is 204 g/mol. The van der Waals surface area contributed by atoms with Gasteiger partial charge in [0.1, 0.15) is 0 Å². The van der Waals surface area contributed by atoms with Gasteiger partial charge in [0.25, 0.3) is 0 Å². The molecule has 0 spiro atoms. The van der Waals surface area contributed by atoms with Crippen LogP contribution in [0.4, 0.5) is 0 Å². The van der Waals surface area contributed by atoms with E-state index in [1.54, 1.807) is 0 Å². The molecule has 0 saturated heterocycles. The molecule has 0 aliphatic rings. The zero-order valence-corrected chi connectivity index (χ0v) is 10.4. The van der Waals surface area contributed by atoms with Crippen molar-refractivity contribution >= 4 is 11.8 Å². The normalized spacial score (nSPS) is 15.0. The quantitative estimate of drug-likeness (QED) is 0.738. The predicted octanol–water partition coefficient (Wildman–Crippen LogP) is 1.65. The van der Waals surface area contributed by atoms with Gasteiger partial charge in [0.15, 0.2) is 0 Å². The van der Waals surface area contributed by atoms with Crippen LogP contribution in [0.5, 0.6) is 0 Å². The fraction of sp³-hybridized carbons (Fsp3) is 1.00. The van der Waals surface area contributed by atoms with Crippen molar-refractivity contribution in [3.63, 3.8) is 0 Å². The molecule has 2 N–H and O–H groups in total. The minimum absolute atomic E-state index is 0.280. The highest BCUT2D eigenvalue weighted by atomic mass is 32.2. The topological polar surface area (TPSA) is 29.3 Å². The summed E-state index contributed by atoms with van der Waals surface area (Å²) >= 11 is 1.89. The summed E-state index contributed by atoms with van der Waals surface area (Å²) in [6, 6.07) is 0.486. The van der Waals surface area contributed by atoms with Crippen LogP contribution in [0.1, 0.15) is 20.8 Å². The minimum atomic E-state index is 0.280. The second-order valence-electron chi connectivity index (χ2n) is 4.59. The Morgan fingerprint density at radius 2 is 1.92 bits per heavy atom. The van der Waals surface area contributed by atoms with Gasteiger partial charge in [-0.1, -0.05) is 20.8 Å². The molecule has 0 aromatic rings. The first-order chi connectivity index (χ1) is 5.93. The van der Waals surface area contributed by atoms with Crippen LogP contribution in [-0.2, 0) is 0 Å². The molecular formula is C10H24N2S. The summed E-state index contributed by atoms with van der Waals surface area (Å²) in [5, 5.41) is 0. The Bertz CT molecular complexity index is 131. The fourth-order valence-corrected chi connectivity index (χ4v) is 2.06. The van der Waals surface area contributed by atoms with Gasteiger partial charge in [-0.3, -0.25) is 0 Å². The maximum atomic E-state index is 5.78. The molecule has 0 saturated carbocycles. The lowest BCUT2D eigenvalue weighted by atomic mass is 9.86. The van der Waals surface area contributed by atoms with Crippen molar-refractivity contribution in [2.45, 2.75) is 26.8 Å². The molecule has 0 aromatic carbocycles. The number of thioether (sulfide) groups is 1. The van der Waals surface area contributed by atoms with Crippen molar-refractivity contribution in [1.29, 1.82) is 0 Å². The Kier molecular flexibility index (Phi) is 6.01. The van der Waals surface area contributed by atoms with Gasteiger partial charge in [-0.25, -0.2) is 0 Å². The molecular weight excluding hydrogens is 180 g/mol. The van der Waals surface area contributed by atoms with Gasteiger partial charge >= 0.3 is 0 Å². The zero-order valence-electron chi connectivity index (χ0n) is 9.63. The molecule has 80 valence electrons. The second-order valence-corrected chi connectivity index (χ2v) is 5.58. The lowest BCUT2D eigenvalue weighted by Crippen LogP contribution is -2.47. The summed E-state index contributed by atoms with van der Waals surface area (Å²) in [5.41, 5.74) is 6.06. The Hall–Kier alpha value is 0.270. The first kappa shape index (κ1) is 13.3. The van der Waals surface area contributed by atoms with Crippen molar-refractivity contribution < 1.29 is 0 Å². The van der Waals surface area contributed by atoms with E-state index in [2.05, 4.69) is 39.0 Å². The molecule has 0 aromatic heterocycles. The number of likely N-dealkylation sites (N-methyl/N-ethyl adjacent to an activating group) is 1. The van der Waals surface area contributed by atoms with E-state index in [-0.39, 0.29) is 5.41 Å². The Labute approximate surface area is 87.2 Å². The van der Waals surface area contributed by atoms with Crippen LogP contribution in [0.3, 0.4) is 0 Å². The third-order valence-electron chi connectivity index (χ3n) is 2.40. The molecule has 2 nitrogen and oxygen atoms in total. The van der Waals surface area contributed by atoms with Crippen molar-refractivity contribution in [2.75, 3.05) is 32.1 Å². The fourth-order valence-electron chi connectivity index (χ4n) is 1.59. The van der Waals surface area contributed by atoms with Gasteiger partial charge < -0.3 is 10.6 Å². The van der Waals surface area contributed by atoms with E-state index in [1.165, 1.54) is 5.75 Å². The molecule has 0 fully saturated rings. The van der Waals surface area contributed by atoms with E-state index in [9.17, 15) is 0 Å². The van der Waals surface area contributed by atoms with Crippen molar-refractivity contribution in [3.8, 4) is 0 Å². The highest BCUT2D eigenvalue weighted by molar-refractivity contribution is 7.98. The summed E-state index contributed by atoms with van der Waals surface area (Å²) in [7, 11) is 2.17. The summed E-state index contributed by atoms with van der Waals surface area (Å²) in [6.45, 7) is 8.62. The van der Waals surface area contributed by atoms with E-state index < -0.39 is 0 Å². The molecule has 0 radical (unpaired) electrons. The van der Waals surface area contributed by atoms with Gasteiger partial charge in [-0.2, -0.15) is 11.8 Å². The molecule has 3 heteroatoms. The number of hydrogen-bond donors (Lipinski definition) is 1. The van der Waals surface area contributed by atoms with Crippen LogP contribution in [0.25, 0.3) is 0 Å². The van der Waals surface area contributed by atoms with E-state index in [0.29, 0.717) is 6.04 Å². The lowest BCUT2D eigenvalue weighted by Gasteiger charge is -2.37. The third-order valence-corrected chi connectivity index (χ3v) is 2.99. The Morgan fingerprint density at radius 1 is 1.38 bits per heavy atom. The van der Waals surface area contributed by atoms with Gasteiger partial charge in [-0.15, -0.1) is 0 Å². The van der Waals surface area contributed by atoms with Crippen LogP contribution in [0, 0.1) is 5.41 Å². The number of rotatable bonds is 5. The molecule has 0 bridgehead atoms. The summed E-state index contributed by atoms with van der Waals surface area (Å²) in [4.78, 5) is 2.37. The molecule has 1 unspecified atom stereocenters. The monoisotopic (exact) mass is 204 g/mol. The lowest BCUT2D eigenvalue weighted by molar-refractivity contribution is 0.139. The first-order valence-corrected chi connectivity index (χ1v) is 6.22. The summed E-state index contributed by atoms with van der Waals surface area (Å²) in [6.07, 6.45) is 2.14. The first-order valence-electron chi connectivity index (χ1n) is 4.82. The summed E-state index contributed by atoms with van der Waals surface area (Å²) < 4.78 is 0. The van der Waals surface area contributed by atoms with E-state index in [4.69, 9.17) is 5.73 Å². The highest BCUT2D eigenvalue weighted by Crippen LogP contribution is 2.22. The maximum absolute atomic E-state index is 5.78. The van der Waals surface area contributed by atoms with Gasteiger partial charge in [-0.05, 0) is 18.7 Å². The number of nitrogens with two attached hydrogens (primary N) is 1. The zero-order chi connectivity index (χ0) is 10.5. The SMILES string of the molecule is CSCCN(C)C(CN)C(C)(C)C. The molecule has 0 amide bonds. The molecule has 0 aliphatic heterocycles. The molecule has 13 heavy (non-hydrogen) atoms. The average Bonchev–Trinajstić information content (AvgIpc) is 1.99. The van der Waals surface area contributed by atoms with E-state index in [1.807, 2.05) is 11.8 Å². The number of nitrogens with zero attached hydrogens (tertiary/aromatic N) is 1. The van der Waals surface area contributed by atoms with Crippen LogP contribution in [0.2, 0.25) is 0 Å². The molecule has 0 aliphatic carbocycles. The minimum Gasteiger partial charge on any atom is -0.329 e. The Morgan fingerprint density at radius 3 is 2.23 bits per heavy atom. The van der Waals surface area contributed by atoms with Gasteiger partial charge in [0.05, 0.1) is 0 Å². The predicted molar refractivity (Wildman–Crippen MR) is 63.3 cm³/mol. The largest absolute Gasteiger partial charge is 0.329 e. The standard InChI is InChI=1S/C10H24N2S/c1-10(2,3)9(8-11)12(4)6-7-13-5/h9H,6-8,11H2,1-5H3. The van der Waals surface area contributed by atoms with Crippen LogP contribution >= 0.6 is 11.8 Å². The highest BCUT2D eigenvalue weighted by Gasteiger charge is 2.26. The van der Waals surface area contributed by atoms with Crippen molar-refractivity contribution in [2.24, 2.45) is 11.1 Å². The second kappa shape index (κ2) is 5.89. The van der Waals surface area contributed by atoms with Gasteiger partial charge in [0, 0.05) is 24.9 Å². The Balaban J connectivity index is 4.07. The van der Waals surface area contributed by atoms with Crippen molar-refractivity contribution in [3.05, 3.63) is 0 Å². The van der Waals surface area contributed by atoms with E-state index >= 15 is 0 Å². The van der Waals surface area contributed by atoms with Crippen molar-refractivity contribution in [1.82, 2.24) is 4.90 Å². The maximum Gasteiger partial charge on any atom is 0.0264 e. The van der Waals surface area contributed by atoms with E-state index in [0.717, 1.165) is 13.1 Å². The van der Waals surface area contributed by atoms with Crippen LogP contribution in [0.15, 0.2) is 0 Å². The van der Waals surface area contributed by atoms with Crippen LogP contribution < -0.4 is 5.73 Å². The smallest absolute Gasteiger partial charge is 0.0264 e. The number of hydrogen-bond acceptors (Lipinski definition) is 3. The molecule has 0 heterocycles. The summed E-state index contributed by atoms with van der Waals surface area (Å²) in [5.74, 6) is 1.18. The third kappa shape index (κ3) is 4.89. The molecule has 1 atom stereocenters. The molecule has 0 rings (SSSR count). The van der Waals surface area contributed by atoms with Gasteiger partial charge in [0.2, 0.25) is 0 Å². The van der Waals surface area contributed by atoms with Crippen LogP contribution in [-0.4, -0.2) is 43.1 Å².